The Labute approximate surface area is 82.7 Å². The van der Waals surface area contributed by atoms with Crippen molar-refractivity contribution in [1.29, 1.82) is 0 Å². The van der Waals surface area contributed by atoms with Crippen molar-refractivity contribution in [2.45, 2.75) is 38.7 Å². The van der Waals surface area contributed by atoms with Gasteiger partial charge in [0.25, 0.3) is 0 Å². The molecule has 0 atom stereocenters. The highest BCUT2D eigenvalue weighted by atomic mass is 32.1. The van der Waals surface area contributed by atoms with Gasteiger partial charge in [-0.1, -0.05) is 0 Å². The maximum Gasteiger partial charge on any atom is 0.118 e. The van der Waals surface area contributed by atoms with Gasteiger partial charge in [0.2, 0.25) is 0 Å². The summed E-state index contributed by atoms with van der Waals surface area (Å²) in [6.45, 7) is 4.02. The quantitative estimate of drug-likeness (QED) is 0.739. The highest BCUT2D eigenvalue weighted by Gasteiger charge is 2.26. The van der Waals surface area contributed by atoms with Crippen molar-refractivity contribution in [3.8, 4) is 0 Å². The van der Waals surface area contributed by atoms with E-state index in [1.807, 2.05) is 25.2 Å². The lowest BCUT2D eigenvalue weighted by atomic mass is 10.1. The fourth-order valence-electron chi connectivity index (χ4n) is 1.68. The van der Waals surface area contributed by atoms with Gasteiger partial charge in [0.15, 0.2) is 0 Å². The van der Waals surface area contributed by atoms with Crippen LogP contribution < -0.4 is 5.90 Å². The van der Waals surface area contributed by atoms with E-state index in [0.717, 1.165) is 0 Å². The zero-order valence-electron chi connectivity index (χ0n) is 8.09. The Bertz CT molecular complexity index is 295. The molecule has 0 bridgehead atoms. The average molecular weight is 197 g/mol. The second kappa shape index (κ2) is 3.08. The van der Waals surface area contributed by atoms with Crippen molar-refractivity contribution < 1.29 is 4.84 Å². The monoisotopic (exact) mass is 197 g/mol. The second-order valence-corrected chi connectivity index (χ2v) is 5.18. The maximum absolute atomic E-state index is 5.26. The van der Waals surface area contributed by atoms with Gasteiger partial charge < -0.3 is 0 Å². The highest BCUT2D eigenvalue weighted by Crippen LogP contribution is 2.36. The molecule has 0 saturated heterocycles. The average Bonchev–Trinajstić information content (AvgIpc) is 2.61. The summed E-state index contributed by atoms with van der Waals surface area (Å²) < 4.78 is 0. The largest absolute Gasteiger partial charge is 0.293 e. The van der Waals surface area contributed by atoms with Crippen LogP contribution in [0.4, 0.5) is 0 Å². The van der Waals surface area contributed by atoms with Gasteiger partial charge >= 0.3 is 0 Å². The van der Waals surface area contributed by atoms with Crippen molar-refractivity contribution in [2.75, 3.05) is 0 Å². The number of hydrogen-bond acceptors (Lipinski definition) is 3. The molecule has 0 unspecified atom stereocenters. The van der Waals surface area contributed by atoms with Crippen LogP contribution in [0.3, 0.4) is 0 Å². The van der Waals surface area contributed by atoms with E-state index in [1.165, 1.54) is 34.6 Å². The van der Waals surface area contributed by atoms with Crippen molar-refractivity contribution in [1.82, 2.24) is 0 Å². The summed E-state index contributed by atoms with van der Waals surface area (Å²) in [5, 5.41) is 0. The van der Waals surface area contributed by atoms with E-state index >= 15 is 0 Å². The van der Waals surface area contributed by atoms with E-state index in [9.17, 15) is 0 Å². The molecule has 0 radical (unpaired) electrons. The van der Waals surface area contributed by atoms with E-state index in [0.29, 0.717) is 0 Å². The summed E-state index contributed by atoms with van der Waals surface area (Å²) >= 11 is 1.85. The topological polar surface area (TPSA) is 35.2 Å². The molecular formula is C10H15NOS. The van der Waals surface area contributed by atoms with Crippen LogP contribution in [0.25, 0.3) is 0 Å². The van der Waals surface area contributed by atoms with Gasteiger partial charge in [0.05, 0.1) is 0 Å². The molecule has 0 spiro atoms. The third kappa shape index (κ3) is 1.52. The van der Waals surface area contributed by atoms with Gasteiger partial charge in [-0.25, -0.2) is 5.90 Å². The minimum Gasteiger partial charge on any atom is -0.293 e. The van der Waals surface area contributed by atoms with Crippen LogP contribution >= 0.6 is 11.3 Å². The molecule has 1 aliphatic rings. The van der Waals surface area contributed by atoms with Crippen LogP contribution in [0, 0.1) is 0 Å². The first-order valence-electron chi connectivity index (χ1n) is 4.63. The summed E-state index contributed by atoms with van der Waals surface area (Å²) in [5.74, 6) is 5.26. The molecule has 0 fully saturated rings. The van der Waals surface area contributed by atoms with E-state index in [4.69, 9.17) is 10.7 Å². The lowest BCUT2D eigenvalue weighted by Crippen LogP contribution is -2.23. The second-order valence-electron chi connectivity index (χ2n) is 4.04. The number of rotatable bonds is 2. The Morgan fingerprint density at radius 2 is 2.23 bits per heavy atom. The molecule has 3 heteroatoms. The minimum absolute atomic E-state index is 0.324. The molecule has 0 aromatic carbocycles. The van der Waals surface area contributed by atoms with Gasteiger partial charge in [0, 0.05) is 9.75 Å². The number of nitrogens with two attached hydrogens (primary N) is 1. The molecule has 0 aliphatic heterocycles. The van der Waals surface area contributed by atoms with Gasteiger partial charge in [-0.2, -0.15) is 0 Å². The number of thiophene rings is 1. The summed E-state index contributed by atoms with van der Waals surface area (Å²) in [7, 11) is 0. The third-order valence-electron chi connectivity index (χ3n) is 2.63. The van der Waals surface area contributed by atoms with E-state index in [1.54, 1.807) is 0 Å². The zero-order chi connectivity index (χ0) is 9.47. The molecular weight excluding hydrogens is 182 g/mol. The summed E-state index contributed by atoms with van der Waals surface area (Å²) in [6.07, 6.45) is 3.78. The Morgan fingerprint density at radius 3 is 2.85 bits per heavy atom. The molecule has 0 saturated carbocycles. The molecule has 2 N–H and O–H groups in total. The van der Waals surface area contributed by atoms with Crippen LogP contribution in [-0.2, 0) is 23.3 Å². The Balaban J connectivity index is 2.33. The van der Waals surface area contributed by atoms with Crippen LogP contribution in [0.1, 0.15) is 35.6 Å². The van der Waals surface area contributed by atoms with E-state index in [2.05, 4.69) is 6.07 Å². The van der Waals surface area contributed by atoms with E-state index < -0.39 is 0 Å². The zero-order valence-corrected chi connectivity index (χ0v) is 8.91. The van der Waals surface area contributed by atoms with Crippen molar-refractivity contribution in [3.05, 3.63) is 21.4 Å². The molecule has 1 aliphatic carbocycles. The lowest BCUT2D eigenvalue weighted by molar-refractivity contribution is -0.0208. The van der Waals surface area contributed by atoms with Crippen molar-refractivity contribution in [2.24, 2.45) is 5.90 Å². The number of hydrogen-bond donors (Lipinski definition) is 1. The molecule has 1 aromatic heterocycles. The standard InChI is InChI=1S/C10H15NOS/c1-10(2,12-11)9-6-7-4-3-5-8(7)13-9/h6H,3-5,11H2,1-2H3. The van der Waals surface area contributed by atoms with Crippen LogP contribution in [-0.4, -0.2) is 0 Å². The summed E-state index contributed by atoms with van der Waals surface area (Å²) in [5.41, 5.74) is 1.18. The summed E-state index contributed by atoms with van der Waals surface area (Å²) in [6, 6.07) is 2.25. The van der Waals surface area contributed by atoms with Crippen LogP contribution in [0.15, 0.2) is 6.07 Å². The molecule has 13 heavy (non-hydrogen) atoms. The Kier molecular flexibility index (Phi) is 2.18. The van der Waals surface area contributed by atoms with Gasteiger partial charge in [-0.15, -0.1) is 11.3 Å². The third-order valence-corrected chi connectivity index (χ3v) is 4.18. The van der Waals surface area contributed by atoms with Gasteiger partial charge in [-0.05, 0) is 44.7 Å². The van der Waals surface area contributed by atoms with E-state index in [-0.39, 0.29) is 5.60 Å². The lowest BCUT2D eigenvalue weighted by Gasteiger charge is -2.19. The van der Waals surface area contributed by atoms with Gasteiger partial charge in [-0.3, -0.25) is 4.84 Å². The van der Waals surface area contributed by atoms with Crippen molar-refractivity contribution >= 4 is 11.3 Å². The molecule has 2 nitrogen and oxygen atoms in total. The fourth-order valence-corrected chi connectivity index (χ4v) is 2.98. The van der Waals surface area contributed by atoms with Crippen molar-refractivity contribution in [3.63, 3.8) is 0 Å². The first kappa shape index (κ1) is 9.19. The maximum atomic E-state index is 5.26. The Hall–Kier alpha value is -0.380. The number of aryl methyl sites for hydroxylation is 2. The predicted molar refractivity (Wildman–Crippen MR) is 54.6 cm³/mol. The normalized spacial score (nSPS) is 16.2. The highest BCUT2D eigenvalue weighted by molar-refractivity contribution is 7.12. The molecule has 2 rings (SSSR count). The van der Waals surface area contributed by atoms with Gasteiger partial charge in [0.1, 0.15) is 5.60 Å². The minimum atomic E-state index is -0.324. The molecule has 0 amide bonds. The fraction of sp³-hybridized carbons (Fsp3) is 0.600. The molecule has 72 valence electrons. The molecule has 1 aromatic rings. The molecule has 1 heterocycles. The van der Waals surface area contributed by atoms with Crippen LogP contribution in [0.2, 0.25) is 0 Å². The number of fused-ring (bicyclic) bond motifs is 1. The van der Waals surface area contributed by atoms with Crippen LogP contribution in [0.5, 0.6) is 0 Å². The predicted octanol–water partition coefficient (Wildman–Crippen LogP) is 2.36. The Morgan fingerprint density at radius 1 is 1.46 bits per heavy atom. The smallest absolute Gasteiger partial charge is 0.118 e. The summed E-state index contributed by atoms with van der Waals surface area (Å²) in [4.78, 5) is 7.75. The first-order valence-corrected chi connectivity index (χ1v) is 5.45. The first-order chi connectivity index (χ1) is 6.13. The SMILES string of the molecule is CC(C)(ON)c1cc2c(s1)CCC2.